The van der Waals surface area contributed by atoms with Crippen molar-refractivity contribution in [2.24, 2.45) is 0 Å². The minimum Gasteiger partial charge on any atom is -0.468 e. The number of nitrogens with one attached hydrogen (secondary N) is 1. The quantitative estimate of drug-likeness (QED) is 0.862. The Bertz CT molecular complexity index is 465. The lowest BCUT2D eigenvalue weighted by Gasteiger charge is -2.26. The minimum atomic E-state index is 0.223. The average Bonchev–Trinajstić information content (AvgIpc) is 2.93. The molecule has 3 nitrogen and oxygen atoms in total. The van der Waals surface area contributed by atoms with E-state index in [4.69, 9.17) is 4.42 Å². The molecule has 0 spiro atoms. The second-order valence-corrected chi connectivity index (χ2v) is 5.04. The van der Waals surface area contributed by atoms with Gasteiger partial charge in [-0.25, -0.2) is 0 Å². The molecule has 0 fully saturated rings. The number of benzene rings is 1. The van der Waals surface area contributed by atoms with Crippen molar-refractivity contribution < 1.29 is 4.42 Å². The Morgan fingerprint density at radius 3 is 2.42 bits per heavy atom. The molecule has 0 saturated carbocycles. The van der Waals surface area contributed by atoms with Crippen molar-refractivity contribution in [2.45, 2.75) is 19.0 Å². The lowest BCUT2D eigenvalue weighted by molar-refractivity contribution is 0.276. The standard InChI is InChI=1S/C16H22N2O/c1-13(16-10-7-11-19-16)17-12-15(18(2)3)14-8-5-4-6-9-14/h4-11,13,15,17H,12H2,1-3H3. The first kappa shape index (κ1) is 13.8. The third kappa shape index (κ3) is 3.69. The van der Waals surface area contributed by atoms with Gasteiger partial charge in [-0.3, -0.25) is 0 Å². The van der Waals surface area contributed by atoms with Crippen molar-refractivity contribution >= 4 is 0 Å². The molecule has 0 aliphatic carbocycles. The molecular formula is C16H22N2O. The van der Waals surface area contributed by atoms with E-state index in [0.717, 1.165) is 12.3 Å². The second kappa shape index (κ2) is 6.55. The number of hydrogen-bond donors (Lipinski definition) is 1. The van der Waals surface area contributed by atoms with E-state index in [0.29, 0.717) is 6.04 Å². The van der Waals surface area contributed by atoms with Crippen molar-refractivity contribution in [3.63, 3.8) is 0 Å². The Morgan fingerprint density at radius 2 is 1.84 bits per heavy atom. The third-order valence-corrected chi connectivity index (χ3v) is 3.40. The highest BCUT2D eigenvalue weighted by atomic mass is 16.3. The maximum Gasteiger partial charge on any atom is 0.120 e. The van der Waals surface area contributed by atoms with Crippen molar-refractivity contribution in [3.05, 3.63) is 60.1 Å². The van der Waals surface area contributed by atoms with Gasteiger partial charge >= 0.3 is 0 Å². The Kier molecular flexibility index (Phi) is 4.77. The monoisotopic (exact) mass is 258 g/mol. The predicted molar refractivity (Wildman–Crippen MR) is 78.0 cm³/mol. The number of rotatable bonds is 6. The summed E-state index contributed by atoms with van der Waals surface area (Å²) in [6.07, 6.45) is 1.72. The first-order valence-electron chi connectivity index (χ1n) is 6.66. The van der Waals surface area contributed by atoms with E-state index in [2.05, 4.69) is 61.6 Å². The van der Waals surface area contributed by atoms with Crippen LogP contribution >= 0.6 is 0 Å². The van der Waals surface area contributed by atoms with Crippen molar-refractivity contribution in [3.8, 4) is 0 Å². The number of hydrogen-bond acceptors (Lipinski definition) is 3. The molecule has 2 unspecified atom stereocenters. The van der Waals surface area contributed by atoms with Crippen LogP contribution in [-0.4, -0.2) is 25.5 Å². The van der Waals surface area contributed by atoms with Crippen molar-refractivity contribution in [2.75, 3.05) is 20.6 Å². The smallest absolute Gasteiger partial charge is 0.120 e. The fraction of sp³-hybridized carbons (Fsp3) is 0.375. The maximum absolute atomic E-state index is 5.42. The molecular weight excluding hydrogens is 236 g/mol. The fourth-order valence-electron chi connectivity index (χ4n) is 2.20. The van der Waals surface area contributed by atoms with Crippen LogP contribution in [0.15, 0.2) is 53.1 Å². The summed E-state index contributed by atoms with van der Waals surface area (Å²) in [5.74, 6) is 0.977. The lowest BCUT2D eigenvalue weighted by Crippen LogP contribution is -2.32. The van der Waals surface area contributed by atoms with Gasteiger partial charge in [-0.05, 0) is 38.7 Å². The van der Waals surface area contributed by atoms with Gasteiger partial charge in [-0.15, -0.1) is 0 Å². The highest BCUT2D eigenvalue weighted by molar-refractivity contribution is 5.19. The fourth-order valence-corrected chi connectivity index (χ4v) is 2.20. The largest absolute Gasteiger partial charge is 0.468 e. The van der Waals surface area contributed by atoms with E-state index in [1.807, 2.05) is 12.1 Å². The molecule has 1 aromatic heterocycles. The molecule has 0 saturated heterocycles. The Morgan fingerprint density at radius 1 is 1.11 bits per heavy atom. The van der Waals surface area contributed by atoms with Crippen LogP contribution in [-0.2, 0) is 0 Å². The summed E-state index contributed by atoms with van der Waals surface area (Å²) in [5, 5.41) is 3.53. The van der Waals surface area contributed by atoms with E-state index in [1.165, 1.54) is 5.56 Å². The Balaban J connectivity index is 1.98. The van der Waals surface area contributed by atoms with E-state index in [1.54, 1.807) is 6.26 Å². The Hall–Kier alpha value is -1.58. The molecule has 2 atom stereocenters. The highest BCUT2D eigenvalue weighted by Crippen LogP contribution is 2.19. The average molecular weight is 258 g/mol. The van der Waals surface area contributed by atoms with E-state index in [9.17, 15) is 0 Å². The van der Waals surface area contributed by atoms with Crippen LogP contribution in [0, 0.1) is 0 Å². The van der Waals surface area contributed by atoms with Crippen LogP contribution in [0.1, 0.15) is 30.3 Å². The van der Waals surface area contributed by atoms with Crippen molar-refractivity contribution in [1.29, 1.82) is 0 Å². The van der Waals surface area contributed by atoms with Gasteiger partial charge in [0.1, 0.15) is 5.76 Å². The summed E-state index contributed by atoms with van der Waals surface area (Å²) in [6.45, 7) is 3.01. The van der Waals surface area contributed by atoms with Gasteiger partial charge in [0.25, 0.3) is 0 Å². The first-order chi connectivity index (χ1) is 9.18. The van der Waals surface area contributed by atoms with E-state index < -0.39 is 0 Å². The number of likely N-dealkylation sites (N-methyl/N-ethyl adjacent to an activating group) is 1. The van der Waals surface area contributed by atoms with Crippen LogP contribution in [0.4, 0.5) is 0 Å². The summed E-state index contributed by atoms with van der Waals surface area (Å²) in [4.78, 5) is 2.23. The molecule has 19 heavy (non-hydrogen) atoms. The first-order valence-corrected chi connectivity index (χ1v) is 6.66. The molecule has 0 aliphatic heterocycles. The normalized spacial score (nSPS) is 14.5. The van der Waals surface area contributed by atoms with Gasteiger partial charge in [0.05, 0.1) is 12.3 Å². The molecule has 0 radical (unpaired) electrons. The van der Waals surface area contributed by atoms with Gasteiger partial charge in [0, 0.05) is 12.6 Å². The zero-order valence-corrected chi connectivity index (χ0v) is 11.8. The minimum absolute atomic E-state index is 0.223. The lowest BCUT2D eigenvalue weighted by atomic mass is 10.1. The van der Waals surface area contributed by atoms with Crippen LogP contribution in [0.5, 0.6) is 0 Å². The van der Waals surface area contributed by atoms with Gasteiger partial charge < -0.3 is 14.6 Å². The van der Waals surface area contributed by atoms with Crippen LogP contribution < -0.4 is 5.32 Å². The highest BCUT2D eigenvalue weighted by Gasteiger charge is 2.16. The topological polar surface area (TPSA) is 28.4 Å². The van der Waals surface area contributed by atoms with Crippen LogP contribution in [0.3, 0.4) is 0 Å². The predicted octanol–water partition coefficient (Wildman–Crippen LogP) is 3.23. The van der Waals surface area contributed by atoms with E-state index >= 15 is 0 Å². The molecule has 2 rings (SSSR count). The van der Waals surface area contributed by atoms with Gasteiger partial charge in [-0.1, -0.05) is 30.3 Å². The second-order valence-electron chi connectivity index (χ2n) is 5.04. The molecule has 1 heterocycles. The zero-order valence-electron chi connectivity index (χ0n) is 11.8. The SMILES string of the molecule is CC(NCC(c1ccccc1)N(C)C)c1ccco1. The Labute approximate surface area is 115 Å². The van der Waals surface area contributed by atoms with Crippen LogP contribution in [0.2, 0.25) is 0 Å². The number of nitrogens with zero attached hydrogens (tertiary/aromatic N) is 1. The molecule has 3 heteroatoms. The zero-order chi connectivity index (χ0) is 13.7. The van der Waals surface area contributed by atoms with Gasteiger partial charge in [0.15, 0.2) is 0 Å². The molecule has 0 amide bonds. The third-order valence-electron chi connectivity index (χ3n) is 3.40. The van der Waals surface area contributed by atoms with Crippen molar-refractivity contribution in [1.82, 2.24) is 10.2 Å². The molecule has 0 bridgehead atoms. The molecule has 0 aliphatic rings. The maximum atomic E-state index is 5.42. The molecule has 1 aromatic carbocycles. The summed E-state index contributed by atoms with van der Waals surface area (Å²) in [6, 6.07) is 15.1. The summed E-state index contributed by atoms with van der Waals surface area (Å²) >= 11 is 0. The van der Waals surface area contributed by atoms with Gasteiger partial charge in [-0.2, -0.15) is 0 Å². The molecule has 102 valence electrons. The summed E-state index contributed by atoms with van der Waals surface area (Å²) in [7, 11) is 4.22. The van der Waals surface area contributed by atoms with Crippen LogP contribution in [0.25, 0.3) is 0 Å². The van der Waals surface area contributed by atoms with E-state index in [-0.39, 0.29) is 6.04 Å². The summed E-state index contributed by atoms with van der Waals surface area (Å²) < 4.78 is 5.42. The molecule has 1 N–H and O–H groups in total. The number of furan rings is 1. The molecule has 2 aromatic rings. The van der Waals surface area contributed by atoms with Gasteiger partial charge in [0.2, 0.25) is 0 Å². The summed E-state index contributed by atoms with van der Waals surface area (Å²) in [5.41, 5.74) is 1.33.